The molecule has 24 heavy (non-hydrogen) atoms. The molecule has 130 valence electrons. The van der Waals surface area contributed by atoms with Crippen LogP contribution >= 0.6 is 46.9 Å². The maximum Gasteiger partial charge on any atom is 0.191 e. The molecule has 1 aromatic carbocycles. The van der Waals surface area contributed by atoms with Crippen LogP contribution in [0.25, 0.3) is 0 Å². The van der Waals surface area contributed by atoms with Gasteiger partial charge in [-0.25, -0.2) is 4.98 Å². The van der Waals surface area contributed by atoms with Crippen molar-refractivity contribution in [2.45, 2.75) is 6.42 Å². The van der Waals surface area contributed by atoms with Crippen LogP contribution in [0.15, 0.2) is 40.8 Å². The fourth-order valence-electron chi connectivity index (χ4n) is 2.59. The van der Waals surface area contributed by atoms with Gasteiger partial charge in [-0.1, -0.05) is 23.7 Å². The number of nitrogens with zero attached hydrogens (tertiary/aromatic N) is 4. The highest BCUT2D eigenvalue weighted by Crippen LogP contribution is 2.18. The molecule has 2 aromatic rings. The molecule has 0 spiro atoms. The summed E-state index contributed by atoms with van der Waals surface area (Å²) in [5.74, 6) is 0.630. The first-order valence-electron chi connectivity index (χ1n) is 7.66. The molecule has 2 heterocycles. The number of rotatable bonds is 4. The van der Waals surface area contributed by atoms with Gasteiger partial charge in [-0.2, -0.15) is 0 Å². The third-order valence-electron chi connectivity index (χ3n) is 3.86. The molecule has 1 aromatic heterocycles. The summed E-state index contributed by atoms with van der Waals surface area (Å²) in [5.41, 5.74) is 7.31. The molecule has 0 atom stereocenters. The number of piperazine rings is 1. The van der Waals surface area contributed by atoms with Crippen molar-refractivity contribution in [1.82, 2.24) is 9.88 Å². The molecule has 5 nitrogen and oxygen atoms in total. The quantitative estimate of drug-likeness (QED) is 0.418. The van der Waals surface area contributed by atoms with Gasteiger partial charge < -0.3 is 15.5 Å². The molecular formula is C16H21ClIN5S. The third-order valence-corrected chi connectivity index (χ3v) is 4.92. The van der Waals surface area contributed by atoms with Crippen molar-refractivity contribution >= 4 is 58.0 Å². The van der Waals surface area contributed by atoms with Crippen LogP contribution in [0, 0.1) is 0 Å². The molecular weight excluding hydrogens is 457 g/mol. The van der Waals surface area contributed by atoms with E-state index in [0.29, 0.717) is 12.5 Å². The van der Waals surface area contributed by atoms with E-state index in [1.54, 1.807) is 11.3 Å². The number of guanidine groups is 1. The van der Waals surface area contributed by atoms with Crippen LogP contribution in [-0.4, -0.2) is 48.6 Å². The summed E-state index contributed by atoms with van der Waals surface area (Å²) in [6.07, 6.45) is 2.69. The van der Waals surface area contributed by atoms with E-state index in [4.69, 9.17) is 17.3 Å². The summed E-state index contributed by atoms with van der Waals surface area (Å²) in [6, 6.07) is 7.87. The number of halogens is 2. The molecule has 2 N–H and O–H groups in total. The Balaban J connectivity index is 0.00000208. The second-order valence-corrected chi connectivity index (χ2v) is 6.72. The minimum absolute atomic E-state index is 0. The molecule has 1 fully saturated rings. The van der Waals surface area contributed by atoms with Crippen LogP contribution in [0.2, 0.25) is 5.02 Å². The zero-order valence-electron chi connectivity index (χ0n) is 13.3. The lowest BCUT2D eigenvalue weighted by Crippen LogP contribution is -2.51. The second-order valence-electron chi connectivity index (χ2n) is 5.41. The Morgan fingerprint density at radius 3 is 2.75 bits per heavy atom. The molecule has 3 rings (SSSR count). The van der Waals surface area contributed by atoms with Crippen LogP contribution in [-0.2, 0) is 6.42 Å². The van der Waals surface area contributed by atoms with E-state index >= 15 is 0 Å². The van der Waals surface area contributed by atoms with E-state index in [0.717, 1.165) is 42.8 Å². The van der Waals surface area contributed by atoms with E-state index < -0.39 is 0 Å². The number of aliphatic imine (C=N–C) groups is 1. The lowest BCUT2D eigenvalue weighted by atomic mass is 10.1. The summed E-state index contributed by atoms with van der Waals surface area (Å²) in [6.45, 7) is 4.30. The fraction of sp³-hybridized carbons (Fsp3) is 0.375. The number of hydrogen-bond donors (Lipinski definition) is 1. The number of benzene rings is 1. The molecule has 0 unspecified atom stereocenters. The van der Waals surface area contributed by atoms with Crippen molar-refractivity contribution in [2.75, 3.05) is 37.6 Å². The summed E-state index contributed by atoms with van der Waals surface area (Å²) < 4.78 is 0. The number of thiazole rings is 1. The monoisotopic (exact) mass is 477 g/mol. The first-order chi connectivity index (χ1) is 11.2. The van der Waals surface area contributed by atoms with Crippen molar-refractivity contribution in [3.8, 4) is 0 Å². The Labute approximate surface area is 168 Å². The molecule has 1 aliphatic rings. The molecule has 0 saturated carbocycles. The van der Waals surface area contributed by atoms with Crippen molar-refractivity contribution in [1.29, 1.82) is 0 Å². The van der Waals surface area contributed by atoms with Crippen molar-refractivity contribution in [3.05, 3.63) is 46.4 Å². The van der Waals surface area contributed by atoms with E-state index in [2.05, 4.69) is 25.8 Å². The number of anilines is 1. The Kier molecular flexibility index (Phi) is 7.57. The smallest absolute Gasteiger partial charge is 0.191 e. The van der Waals surface area contributed by atoms with Crippen LogP contribution in [0.4, 0.5) is 5.13 Å². The first kappa shape index (κ1) is 19.3. The standard InChI is InChI=1S/C16H20ClN5S.HI/c17-14-3-1-2-13(12-14)4-5-19-15(18)21-7-9-22(10-8-21)16-20-6-11-23-16;/h1-3,6,11-12H,4-5,7-10H2,(H2,18,19);1H. The minimum atomic E-state index is 0. The number of hydrogen-bond acceptors (Lipinski definition) is 4. The number of aromatic nitrogens is 1. The molecule has 0 amide bonds. The summed E-state index contributed by atoms with van der Waals surface area (Å²) in [5, 5.41) is 3.85. The molecule has 8 heteroatoms. The second kappa shape index (κ2) is 9.43. The van der Waals surface area contributed by atoms with Crippen LogP contribution in [0.1, 0.15) is 5.56 Å². The van der Waals surface area contributed by atoms with Gasteiger partial charge in [0, 0.05) is 49.3 Å². The highest BCUT2D eigenvalue weighted by atomic mass is 127. The van der Waals surface area contributed by atoms with Crippen LogP contribution in [0.5, 0.6) is 0 Å². The number of nitrogens with two attached hydrogens (primary N) is 1. The minimum Gasteiger partial charge on any atom is -0.370 e. The Bertz CT molecular complexity index is 656. The lowest BCUT2D eigenvalue weighted by Gasteiger charge is -2.35. The highest BCUT2D eigenvalue weighted by molar-refractivity contribution is 14.0. The Morgan fingerprint density at radius 1 is 1.29 bits per heavy atom. The molecule has 0 bridgehead atoms. The first-order valence-corrected chi connectivity index (χ1v) is 8.92. The average molecular weight is 478 g/mol. The predicted molar refractivity (Wildman–Crippen MR) is 113 cm³/mol. The fourth-order valence-corrected chi connectivity index (χ4v) is 3.50. The zero-order chi connectivity index (χ0) is 16.1. The van der Waals surface area contributed by atoms with Crippen molar-refractivity contribution in [3.63, 3.8) is 0 Å². The maximum absolute atomic E-state index is 6.12. The van der Waals surface area contributed by atoms with Gasteiger partial charge >= 0.3 is 0 Å². The average Bonchev–Trinajstić information content (AvgIpc) is 3.09. The summed E-state index contributed by atoms with van der Waals surface area (Å²) in [4.78, 5) is 13.3. The highest BCUT2D eigenvalue weighted by Gasteiger charge is 2.19. The largest absolute Gasteiger partial charge is 0.370 e. The van der Waals surface area contributed by atoms with E-state index in [9.17, 15) is 0 Å². The van der Waals surface area contributed by atoms with Gasteiger partial charge in [-0.05, 0) is 24.1 Å². The summed E-state index contributed by atoms with van der Waals surface area (Å²) >= 11 is 7.66. The topological polar surface area (TPSA) is 57.8 Å². The van der Waals surface area contributed by atoms with Gasteiger partial charge in [0.2, 0.25) is 0 Å². The lowest BCUT2D eigenvalue weighted by molar-refractivity contribution is 0.380. The van der Waals surface area contributed by atoms with Crippen molar-refractivity contribution in [2.24, 2.45) is 10.7 Å². The van der Waals surface area contributed by atoms with Gasteiger partial charge in [-0.3, -0.25) is 4.99 Å². The van der Waals surface area contributed by atoms with Gasteiger partial charge in [0.1, 0.15) is 0 Å². The molecule has 0 radical (unpaired) electrons. The van der Waals surface area contributed by atoms with Gasteiger partial charge in [0.25, 0.3) is 0 Å². The molecule has 0 aliphatic carbocycles. The zero-order valence-corrected chi connectivity index (χ0v) is 17.2. The van der Waals surface area contributed by atoms with E-state index in [1.807, 2.05) is 29.8 Å². The van der Waals surface area contributed by atoms with E-state index in [1.165, 1.54) is 5.56 Å². The molecule has 1 aliphatic heterocycles. The molecule has 1 saturated heterocycles. The SMILES string of the molecule is I.NC(=NCCc1cccc(Cl)c1)N1CCN(c2nccs2)CC1. The van der Waals surface area contributed by atoms with Gasteiger partial charge in [0.15, 0.2) is 11.1 Å². The Morgan fingerprint density at radius 2 is 2.08 bits per heavy atom. The van der Waals surface area contributed by atoms with Gasteiger partial charge in [-0.15, -0.1) is 35.3 Å². The predicted octanol–water partition coefficient (Wildman–Crippen LogP) is 3.09. The van der Waals surface area contributed by atoms with Crippen LogP contribution < -0.4 is 10.6 Å². The van der Waals surface area contributed by atoms with Crippen LogP contribution in [0.3, 0.4) is 0 Å². The van der Waals surface area contributed by atoms with Gasteiger partial charge in [0.05, 0.1) is 0 Å². The summed E-state index contributed by atoms with van der Waals surface area (Å²) in [7, 11) is 0. The van der Waals surface area contributed by atoms with E-state index in [-0.39, 0.29) is 24.0 Å². The Hall–Kier alpha value is -1.06. The third kappa shape index (κ3) is 5.22. The normalized spacial score (nSPS) is 15.3. The van der Waals surface area contributed by atoms with Crippen molar-refractivity contribution < 1.29 is 0 Å². The maximum atomic E-state index is 6.12.